The summed E-state index contributed by atoms with van der Waals surface area (Å²) in [5.41, 5.74) is 6.91. The van der Waals surface area contributed by atoms with E-state index in [1.165, 1.54) is 0 Å². The van der Waals surface area contributed by atoms with E-state index in [4.69, 9.17) is 22.7 Å². The van der Waals surface area contributed by atoms with Crippen LogP contribution in [0.25, 0.3) is 0 Å². The number of hydrogen-bond donors (Lipinski definition) is 2. The lowest BCUT2D eigenvalue weighted by Gasteiger charge is -2.26. The number of thiocarbonyl (C=S) groups is 1. The maximum atomic E-state index is 12.0. The van der Waals surface area contributed by atoms with Crippen LogP contribution in [-0.4, -0.2) is 44.7 Å². The van der Waals surface area contributed by atoms with E-state index in [0.717, 1.165) is 5.56 Å². The van der Waals surface area contributed by atoms with Gasteiger partial charge in [-0.3, -0.25) is 0 Å². The Morgan fingerprint density at radius 1 is 1.30 bits per heavy atom. The molecule has 0 unspecified atom stereocenters. The third-order valence-electron chi connectivity index (χ3n) is 2.87. The Morgan fingerprint density at radius 3 is 2.45 bits per heavy atom. The van der Waals surface area contributed by atoms with Crippen LogP contribution in [0, 0.1) is 0 Å². The number of nitrogens with two attached hydrogens (primary N) is 1. The molecule has 1 aliphatic rings. The first kappa shape index (κ1) is 15.3. The summed E-state index contributed by atoms with van der Waals surface area (Å²) < 4.78 is 29.3. The molecule has 0 radical (unpaired) electrons. The molecule has 0 aliphatic carbocycles. The van der Waals surface area contributed by atoms with E-state index in [1.807, 2.05) is 0 Å². The second-order valence-corrected chi connectivity index (χ2v) is 6.65. The highest BCUT2D eigenvalue weighted by atomic mass is 32.2. The highest BCUT2D eigenvalue weighted by Gasteiger charge is 2.18. The summed E-state index contributed by atoms with van der Waals surface area (Å²) >= 11 is 4.85. The van der Waals surface area contributed by atoms with Crippen molar-refractivity contribution in [2.45, 2.75) is 5.75 Å². The molecule has 0 aromatic heterocycles. The number of rotatable bonds is 5. The van der Waals surface area contributed by atoms with Crippen LogP contribution >= 0.6 is 12.2 Å². The molecule has 2 rings (SSSR count). The summed E-state index contributed by atoms with van der Waals surface area (Å²) in [6, 6.07) is 6.88. The van der Waals surface area contributed by atoms with Crippen LogP contribution in [0.5, 0.6) is 0 Å². The van der Waals surface area contributed by atoms with Gasteiger partial charge in [-0.05, 0) is 5.56 Å². The zero-order valence-electron chi connectivity index (χ0n) is 10.9. The number of hydrogen-bond acceptors (Lipinski definition) is 5. The number of nitrogens with zero attached hydrogens (tertiary/aromatic N) is 1. The predicted octanol–water partition coefficient (Wildman–Crippen LogP) is -0.0126. The van der Waals surface area contributed by atoms with Gasteiger partial charge in [0.15, 0.2) is 0 Å². The molecule has 8 heteroatoms. The van der Waals surface area contributed by atoms with Crippen molar-refractivity contribution in [3.8, 4) is 0 Å². The fourth-order valence-corrected chi connectivity index (χ4v) is 3.28. The molecule has 0 atom stereocenters. The number of nitrogens with one attached hydrogen (secondary N) is 1. The fourth-order valence-electron chi connectivity index (χ4n) is 1.87. The summed E-state index contributed by atoms with van der Waals surface area (Å²) in [5.74, 6) is -0.0814. The Kier molecular flexibility index (Phi) is 5.06. The molecule has 0 amide bonds. The topological polar surface area (TPSA) is 84.7 Å². The second kappa shape index (κ2) is 6.59. The minimum absolute atomic E-state index is 0.0814. The maximum absolute atomic E-state index is 12.0. The van der Waals surface area contributed by atoms with Gasteiger partial charge in [0.1, 0.15) is 4.99 Å². The van der Waals surface area contributed by atoms with Crippen LogP contribution in [0.15, 0.2) is 24.3 Å². The molecule has 0 saturated carbocycles. The SMILES string of the molecule is NC(=S)c1ccc(CS(=O)(=O)NN2CCOCC2)cc1. The fraction of sp³-hybridized carbons (Fsp3) is 0.417. The Hall–Kier alpha value is -1.06. The predicted molar refractivity (Wildman–Crippen MR) is 80.5 cm³/mol. The second-order valence-electron chi connectivity index (χ2n) is 4.51. The summed E-state index contributed by atoms with van der Waals surface area (Å²) in [7, 11) is -3.41. The molecule has 1 fully saturated rings. The number of benzene rings is 1. The van der Waals surface area contributed by atoms with Crippen LogP contribution < -0.4 is 10.6 Å². The van der Waals surface area contributed by atoms with Crippen molar-refractivity contribution in [1.82, 2.24) is 9.84 Å². The van der Waals surface area contributed by atoms with Crippen LogP contribution in [0.4, 0.5) is 0 Å². The monoisotopic (exact) mass is 315 g/mol. The van der Waals surface area contributed by atoms with Crippen molar-refractivity contribution in [3.63, 3.8) is 0 Å². The van der Waals surface area contributed by atoms with Crippen LogP contribution in [0.1, 0.15) is 11.1 Å². The molecule has 20 heavy (non-hydrogen) atoms. The van der Waals surface area contributed by atoms with Gasteiger partial charge in [0.2, 0.25) is 10.0 Å². The lowest BCUT2D eigenvalue weighted by atomic mass is 10.1. The number of ether oxygens (including phenoxy) is 1. The van der Waals surface area contributed by atoms with Gasteiger partial charge < -0.3 is 10.5 Å². The molecule has 1 aromatic rings. The highest BCUT2D eigenvalue weighted by molar-refractivity contribution is 7.88. The first-order valence-electron chi connectivity index (χ1n) is 6.18. The number of morpholine rings is 1. The van der Waals surface area contributed by atoms with Crippen LogP contribution in [0.3, 0.4) is 0 Å². The smallest absolute Gasteiger partial charge is 0.228 e. The molecule has 6 nitrogen and oxygen atoms in total. The van der Waals surface area contributed by atoms with Gasteiger partial charge in [-0.15, -0.1) is 4.83 Å². The van der Waals surface area contributed by atoms with Gasteiger partial charge in [0, 0.05) is 18.7 Å². The van der Waals surface area contributed by atoms with Crippen molar-refractivity contribution in [2.75, 3.05) is 26.3 Å². The Morgan fingerprint density at radius 2 is 1.90 bits per heavy atom. The zero-order valence-corrected chi connectivity index (χ0v) is 12.5. The molecular formula is C12H17N3O3S2. The van der Waals surface area contributed by atoms with Gasteiger partial charge in [-0.25, -0.2) is 13.4 Å². The molecule has 1 heterocycles. The van der Waals surface area contributed by atoms with E-state index in [0.29, 0.717) is 36.9 Å². The summed E-state index contributed by atoms with van der Waals surface area (Å²) in [6.07, 6.45) is 0. The minimum Gasteiger partial charge on any atom is -0.389 e. The van der Waals surface area contributed by atoms with Gasteiger partial charge in [-0.1, -0.05) is 36.5 Å². The first-order chi connectivity index (χ1) is 9.46. The lowest BCUT2D eigenvalue weighted by molar-refractivity contribution is 0.0272. The quantitative estimate of drug-likeness (QED) is 0.743. The summed E-state index contributed by atoms with van der Waals surface area (Å²) in [5, 5.41) is 1.65. The zero-order chi connectivity index (χ0) is 14.6. The molecule has 0 bridgehead atoms. The average molecular weight is 315 g/mol. The third-order valence-corrected chi connectivity index (χ3v) is 4.36. The first-order valence-corrected chi connectivity index (χ1v) is 8.24. The minimum atomic E-state index is -3.41. The number of hydrazine groups is 1. The average Bonchev–Trinajstić information content (AvgIpc) is 2.39. The Balaban J connectivity index is 1.98. The lowest BCUT2D eigenvalue weighted by Crippen LogP contribution is -2.48. The van der Waals surface area contributed by atoms with E-state index in [1.54, 1.807) is 29.3 Å². The Labute approximate surface area is 123 Å². The van der Waals surface area contributed by atoms with Crippen molar-refractivity contribution in [3.05, 3.63) is 35.4 Å². The maximum Gasteiger partial charge on any atom is 0.228 e. The molecule has 1 aromatic carbocycles. The normalized spacial score (nSPS) is 17.0. The molecule has 0 spiro atoms. The number of sulfonamides is 1. The van der Waals surface area contributed by atoms with Crippen LogP contribution in [-0.2, 0) is 20.5 Å². The van der Waals surface area contributed by atoms with Crippen molar-refractivity contribution < 1.29 is 13.2 Å². The summed E-state index contributed by atoms with van der Waals surface area (Å²) in [4.78, 5) is 2.85. The van der Waals surface area contributed by atoms with E-state index < -0.39 is 10.0 Å². The molecule has 1 aliphatic heterocycles. The molecule has 3 N–H and O–H groups in total. The highest BCUT2D eigenvalue weighted by Crippen LogP contribution is 2.08. The standard InChI is InChI=1S/C12H17N3O3S2/c13-12(19)11-3-1-10(2-4-11)9-20(16,17)14-15-5-7-18-8-6-15/h1-4,14H,5-9H2,(H2,13,19). The molecule has 110 valence electrons. The van der Waals surface area contributed by atoms with E-state index >= 15 is 0 Å². The van der Waals surface area contributed by atoms with Gasteiger partial charge in [0.05, 0.1) is 19.0 Å². The van der Waals surface area contributed by atoms with E-state index in [2.05, 4.69) is 4.83 Å². The van der Waals surface area contributed by atoms with Gasteiger partial charge >= 0.3 is 0 Å². The largest absolute Gasteiger partial charge is 0.389 e. The molecular weight excluding hydrogens is 298 g/mol. The Bertz CT molecular complexity index is 566. The van der Waals surface area contributed by atoms with Crippen molar-refractivity contribution in [1.29, 1.82) is 0 Å². The van der Waals surface area contributed by atoms with Crippen molar-refractivity contribution in [2.24, 2.45) is 5.73 Å². The van der Waals surface area contributed by atoms with E-state index in [9.17, 15) is 8.42 Å². The van der Waals surface area contributed by atoms with Crippen LogP contribution in [0.2, 0.25) is 0 Å². The summed E-state index contributed by atoms with van der Waals surface area (Å²) in [6.45, 7) is 2.18. The van der Waals surface area contributed by atoms with Gasteiger partial charge in [0.25, 0.3) is 0 Å². The third kappa shape index (κ3) is 4.50. The van der Waals surface area contributed by atoms with Crippen molar-refractivity contribution >= 4 is 27.2 Å². The van der Waals surface area contributed by atoms with Gasteiger partial charge in [-0.2, -0.15) is 0 Å². The van der Waals surface area contributed by atoms with E-state index in [-0.39, 0.29) is 5.75 Å². The molecule has 1 saturated heterocycles.